The van der Waals surface area contributed by atoms with Crippen LogP contribution in [-0.2, 0) is 0 Å². The summed E-state index contributed by atoms with van der Waals surface area (Å²) >= 11 is 1.72. The van der Waals surface area contributed by atoms with Crippen LogP contribution in [0.5, 0.6) is 0 Å². The second-order valence-corrected chi connectivity index (χ2v) is 6.52. The zero-order chi connectivity index (χ0) is 15.2. The molecule has 1 aromatic rings. The molecule has 1 fully saturated rings. The minimum atomic E-state index is 0.194. The first kappa shape index (κ1) is 16.0. The van der Waals surface area contributed by atoms with Gasteiger partial charge in [-0.1, -0.05) is 18.1 Å². The van der Waals surface area contributed by atoms with Gasteiger partial charge in [0.25, 0.3) is 0 Å². The monoisotopic (exact) mass is 308 g/mol. The molecule has 0 atom stereocenters. The van der Waals surface area contributed by atoms with Gasteiger partial charge in [0.15, 0.2) is 5.84 Å². The van der Waals surface area contributed by atoms with Crippen molar-refractivity contribution in [2.24, 2.45) is 10.9 Å². The van der Waals surface area contributed by atoms with E-state index in [0.29, 0.717) is 0 Å². The Bertz CT molecular complexity index is 506. The molecule has 21 heavy (non-hydrogen) atoms. The van der Waals surface area contributed by atoms with Crippen molar-refractivity contribution >= 4 is 23.3 Å². The standard InChI is InChI=1S/C15H24N4OS/c1-3-21-13-7-4-6-12(14(13)15(16)17-20)19-9-5-8-18(2)10-11-19/h4,6-7,20H,3,5,8-11H2,1-2H3,(H2,16,17). The van der Waals surface area contributed by atoms with Crippen LogP contribution in [0.15, 0.2) is 28.3 Å². The number of benzene rings is 1. The van der Waals surface area contributed by atoms with E-state index in [-0.39, 0.29) is 5.84 Å². The molecule has 0 amide bonds. The number of hydrogen-bond donors (Lipinski definition) is 2. The van der Waals surface area contributed by atoms with Crippen LogP contribution in [0.3, 0.4) is 0 Å². The average molecular weight is 308 g/mol. The Kier molecular flexibility index (Phi) is 5.76. The molecule has 1 aromatic carbocycles. The van der Waals surface area contributed by atoms with E-state index in [0.717, 1.165) is 54.5 Å². The highest BCUT2D eigenvalue weighted by atomic mass is 32.2. The topological polar surface area (TPSA) is 65.1 Å². The normalized spacial score (nSPS) is 17.8. The number of nitrogens with zero attached hydrogens (tertiary/aromatic N) is 3. The van der Waals surface area contributed by atoms with Gasteiger partial charge < -0.3 is 20.7 Å². The summed E-state index contributed by atoms with van der Waals surface area (Å²) in [6.45, 7) is 6.20. The van der Waals surface area contributed by atoms with Crippen LogP contribution in [0.4, 0.5) is 5.69 Å². The lowest BCUT2D eigenvalue weighted by molar-refractivity contribution is 0.318. The van der Waals surface area contributed by atoms with Gasteiger partial charge in [-0.3, -0.25) is 0 Å². The van der Waals surface area contributed by atoms with Crippen LogP contribution in [0.2, 0.25) is 0 Å². The highest BCUT2D eigenvalue weighted by Gasteiger charge is 2.19. The molecule has 0 aliphatic carbocycles. The molecule has 6 heteroatoms. The minimum Gasteiger partial charge on any atom is -0.409 e. The molecule has 116 valence electrons. The number of likely N-dealkylation sites (N-methyl/N-ethyl adjacent to an activating group) is 1. The molecule has 1 heterocycles. The highest BCUT2D eigenvalue weighted by Crippen LogP contribution is 2.31. The third-order valence-corrected chi connectivity index (χ3v) is 4.67. The Morgan fingerprint density at radius 2 is 2.14 bits per heavy atom. The maximum Gasteiger partial charge on any atom is 0.173 e. The molecule has 3 N–H and O–H groups in total. The summed E-state index contributed by atoms with van der Waals surface area (Å²) in [5.41, 5.74) is 7.88. The molecule has 1 aliphatic heterocycles. The van der Waals surface area contributed by atoms with Gasteiger partial charge in [0.05, 0.1) is 5.56 Å². The first-order valence-corrected chi connectivity index (χ1v) is 8.33. The maximum absolute atomic E-state index is 9.13. The zero-order valence-electron chi connectivity index (χ0n) is 12.7. The van der Waals surface area contributed by atoms with Crippen molar-refractivity contribution in [2.75, 3.05) is 43.9 Å². The third kappa shape index (κ3) is 3.83. The Balaban J connectivity index is 2.39. The van der Waals surface area contributed by atoms with E-state index >= 15 is 0 Å². The van der Waals surface area contributed by atoms with Gasteiger partial charge in [0.1, 0.15) is 0 Å². The second-order valence-electron chi connectivity index (χ2n) is 5.21. The van der Waals surface area contributed by atoms with Gasteiger partial charge in [-0.05, 0) is 37.9 Å². The van der Waals surface area contributed by atoms with E-state index in [1.807, 2.05) is 6.07 Å². The minimum absolute atomic E-state index is 0.194. The van der Waals surface area contributed by atoms with Crippen molar-refractivity contribution in [3.05, 3.63) is 23.8 Å². The summed E-state index contributed by atoms with van der Waals surface area (Å²) in [5, 5.41) is 12.4. The van der Waals surface area contributed by atoms with E-state index in [1.54, 1.807) is 11.8 Å². The van der Waals surface area contributed by atoms with E-state index in [9.17, 15) is 0 Å². The van der Waals surface area contributed by atoms with Gasteiger partial charge in [-0.2, -0.15) is 0 Å². The lowest BCUT2D eigenvalue weighted by Crippen LogP contribution is -2.31. The molecule has 0 bridgehead atoms. The lowest BCUT2D eigenvalue weighted by Gasteiger charge is -2.26. The third-order valence-electron chi connectivity index (χ3n) is 3.73. The molecule has 0 aromatic heterocycles. The lowest BCUT2D eigenvalue weighted by atomic mass is 10.1. The van der Waals surface area contributed by atoms with Crippen LogP contribution >= 0.6 is 11.8 Å². The van der Waals surface area contributed by atoms with Crippen LogP contribution in [-0.4, -0.2) is 54.9 Å². The SMILES string of the molecule is CCSc1cccc(N2CCCN(C)CC2)c1/C(N)=N/O. The second kappa shape index (κ2) is 7.56. The van der Waals surface area contributed by atoms with Gasteiger partial charge in [0, 0.05) is 30.2 Å². The summed E-state index contributed by atoms with van der Waals surface area (Å²) in [4.78, 5) is 5.76. The molecular formula is C15H24N4OS. The molecule has 0 unspecified atom stereocenters. The van der Waals surface area contributed by atoms with Crippen molar-refractivity contribution < 1.29 is 5.21 Å². The molecule has 2 rings (SSSR count). The van der Waals surface area contributed by atoms with Crippen LogP contribution in [0.1, 0.15) is 18.9 Å². The van der Waals surface area contributed by atoms with E-state index in [4.69, 9.17) is 10.9 Å². The van der Waals surface area contributed by atoms with Crippen molar-refractivity contribution in [3.63, 3.8) is 0 Å². The Morgan fingerprint density at radius 3 is 2.86 bits per heavy atom. The highest BCUT2D eigenvalue weighted by molar-refractivity contribution is 7.99. The quantitative estimate of drug-likeness (QED) is 0.293. The van der Waals surface area contributed by atoms with E-state index in [1.165, 1.54) is 0 Å². The van der Waals surface area contributed by atoms with Gasteiger partial charge in [0.2, 0.25) is 0 Å². The number of rotatable bonds is 4. The van der Waals surface area contributed by atoms with E-state index < -0.39 is 0 Å². The summed E-state index contributed by atoms with van der Waals surface area (Å²) < 4.78 is 0. The Labute approximate surface area is 130 Å². The van der Waals surface area contributed by atoms with Crippen molar-refractivity contribution in [2.45, 2.75) is 18.2 Å². The number of thioether (sulfide) groups is 1. The zero-order valence-corrected chi connectivity index (χ0v) is 13.6. The van der Waals surface area contributed by atoms with Gasteiger partial charge >= 0.3 is 0 Å². The number of amidine groups is 1. The van der Waals surface area contributed by atoms with Gasteiger partial charge in [-0.25, -0.2) is 0 Å². The Hall–Kier alpha value is -1.40. The van der Waals surface area contributed by atoms with Crippen molar-refractivity contribution in [3.8, 4) is 0 Å². The number of anilines is 1. The fraction of sp³-hybridized carbons (Fsp3) is 0.533. The van der Waals surface area contributed by atoms with Gasteiger partial charge in [-0.15, -0.1) is 11.8 Å². The first-order chi connectivity index (χ1) is 10.2. The number of nitrogens with two attached hydrogens (primary N) is 1. The molecule has 5 nitrogen and oxygen atoms in total. The molecule has 0 radical (unpaired) electrons. The van der Waals surface area contributed by atoms with Crippen molar-refractivity contribution in [1.29, 1.82) is 0 Å². The average Bonchev–Trinajstić information content (AvgIpc) is 2.71. The van der Waals surface area contributed by atoms with Crippen LogP contribution < -0.4 is 10.6 Å². The number of oxime groups is 1. The molecule has 1 saturated heterocycles. The first-order valence-electron chi connectivity index (χ1n) is 7.34. The molecule has 0 saturated carbocycles. The Morgan fingerprint density at radius 1 is 1.33 bits per heavy atom. The number of hydrogen-bond acceptors (Lipinski definition) is 5. The smallest absolute Gasteiger partial charge is 0.173 e. The van der Waals surface area contributed by atoms with E-state index in [2.05, 4.69) is 41.1 Å². The van der Waals surface area contributed by atoms with Crippen molar-refractivity contribution in [1.82, 2.24) is 4.90 Å². The fourth-order valence-electron chi connectivity index (χ4n) is 2.65. The molecule has 1 aliphatic rings. The van der Waals surface area contributed by atoms with Crippen LogP contribution in [0, 0.1) is 0 Å². The predicted molar refractivity (Wildman–Crippen MR) is 89.7 cm³/mol. The summed E-state index contributed by atoms with van der Waals surface area (Å²) in [5.74, 6) is 1.15. The molecule has 0 spiro atoms. The summed E-state index contributed by atoms with van der Waals surface area (Å²) in [7, 11) is 2.15. The molecular weight excluding hydrogens is 284 g/mol. The summed E-state index contributed by atoms with van der Waals surface area (Å²) in [6, 6.07) is 6.16. The maximum atomic E-state index is 9.13. The van der Waals surface area contributed by atoms with Crippen LogP contribution in [0.25, 0.3) is 0 Å². The fourth-order valence-corrected chi connectivity index (χ4v) is 3.49. The predicted octanol–water partition coefficient (Wildman–Crippen LogP) is 2.04. The summed E-state index contributed by atoms with van der Waals surface area (Å²) in [6.07, 6.45) is 1.12. The largest absolute Gasteiger partial charge is 0.409 e.